The van der Waals surface area contributed by atoms with Crippen LogP contribution in [0.5, 0.6) is 5.88 Å². The van der Waals surface area contributed by atoms with Gasteiger partial charge in [0.1, 0.15) is 11.4 Å². The summed E-state index contributed by atoms with van der Waals surface area (Å²) in [6.45, 7) is 12.7. The van der Waals surface area contributed by atoms with Crippen molar-refractivity contribution in [2.24, 2.45) is 5.41 Å². The Morgan fingerprint density at radius 3 is 2.43 bits per heavy atom. The lowest BCUT2D eigenvalue weighted by molar-refractivity contribution is 0.358. The molecule has 3 aromatic rings. The highest BCUT2D eigenvalue weighted by Gasteiger charge is 2.21. The second-order valence-electron chi connectivity index (χ2n) is 8.14. The molecule has 1 unspecified atom stereocenters. The number of hydrogen-bond donors (Lipinski definition) is 1. The molecule has 0 radical (unpaired) electrons. The van der Waals surface area contributed by atoms with E-state index in [2.05, 4.69) is 53.2 Å². The first-order chi connectivity index (χ1) is 13.2. The molecule has 0 aliphatic rings. The average molecular weight is 380 g/mol. The number of methoxy groups -OCH3 is 1. The van der Waals surface area contributed by atoms with Gasteiger partial charge in [-0.05, 0) is 49.9 Å². The van der Waals surface area contributed by atoms with Gasteiger partial charge in [0.2, 0.25) is 5.88 Å². The highest BCUT2D eigenvalue weighted by atomic mass is 16.5. The highest BCUT2D eigenvalue weighted by Crippen LogP contribution is 2.27. The number of hydrogen-bond acceptors (Lipinski definition) is 6. The van der Waals surface area contributed by atoms with E-state index in [1.165, 1.54) is 0 Å². The van der Waals surface area contributed by atoms with Crippen molar-refractivity contribution in [2.45, 2.75) is 47.6 Å². The minimum Gasteiger partial charge on any atom is -0.479 e. The molecule has 0 saturated carbocycles. The van der Waals surface area contributed by atoms with Gasteiger partial charge in [-0.15, -0.1) is 10.2 Å². The fourth-order valence-electron chi connectivity index (χ4n) is 2.65. The molecule has 3 aromatic heterocycles. The van der Waals surface area contributed by atoms with Crippen LogP contribution in [0.4, 0.5) is 5.82 Å². The molecular formula is C21H28N6O. The van der Waals surface area contributed by atoms with Crippen molar-refractivity contribution in [2.75, 3.05) is 12.4 Å². The van der Waals surface area contributed by atoms with Crippen LogP contribution in [0.15, 0.2) is 30.7 Å². The predicted octanol–water partition coefficient (Wildman–Crippen LogP) is 4.20. The zero-order valence-corrected chi connectivity index (χ0v) is 17.6. The lowest BCUT2D eigenvalue weighted by atomic mass is 9.88. The molecule has 3 rings (SSSR count). The van der Waals surface area contributed by atoms with Gasteiger partial charge >= 0.3 is 0 Å². The smallest absolute Gasteiger partial charge is 0.238 e. The molecule has 0 aromatic carbocycles. The van der Waals surface area contributed by atoms with Crippen LogP contribution in [0.25, 0.3) is 17.1 Å². The SMILES string of the molecule is COc1nc(-c2cc(C)c(NC(C)C(C)(C)C)nn2)ccc1-n1cnc(C)c1. The molecule has 0 aliphatic heterocycles. The number of nitrogens with zero attached hydrogens (tertiary/aromatic N) is 5. The van der Waals surface area contributed by atoms with Gasteiger partial charge in [-0.25, -0.2) is 9.97 Å². The van der Waals surface area contributed by atoms with E-state index in [9.17, 15) is 0 Å². The Hall–Kier alpha value is -2.96. The first-order valence-electron chi connectivity index (χ1n) is 9.36. The van der Waals surface area contributed by atoms with Crippen LogP contribution in [0.2, 0.25) is 0 Å². The van der Waals surface area contributed by atoms with Crippen molar-refractivity contribution < 1.29 is 4.74 Å². The molecule has 0 aliphatic carbocycles. The molecule has 0 fully saturated rings. The quantitative estimate of drug-likeness (QED) is 0.715. The molecule has 0 saturated heterocycles. The summed E-state index contributed by atoms with van der Waals surface area (Å²) in [7, 11) is 1.61. The van der Waals surface area contributed by atoms with Crippen LogP contribution < -0.4 is 10.1 Å². The third-order valence-corrected chi connectivity index (χ3v) is 4.92. The number of ether oxygens (including phenoxy) is 1. The highest BCUT2D eigenvalue weighted by molar-refractivity contribution is 5.61. The first-order valence-corrected chi connectivity index (χ1v) is 9.36. The summed E-state index contributed by atoms with van der Waals surface area (Å²) < 4.78 is 7.39. The summed E-state index contributed by atoms with van der Waals surface area (Å²) >= 11 is 0. The van der Waals surface area contributed by atoms with Gasteiger partial charge in [0.05, 0.1) is 24.8 Å². The molecule has 7 nitrogen and oxygen atoms in total. The third kappa shape index (κ3) is 4.13. The number of anilines is 1. The molecule has 28 heavy (non-hydrogen) atoms. The zero-order chi connectivity index (χ0) is 20.5. The average Bonchev–Trinajstić information content (AvgIpc) is 3.08. The van der Waals surface area contributed by atoms with Gasteiger partial charge in [0.25, 0.3) is 0 Å². The van der Waals surface area contributed by atoms with Crippen LogP contribution in [-0.2, 0) is 0 Å². The topological polar surface area (TPSA) is 77.8 Å². The van der Waals surface area contributed by atoms with Crippen LogP contribution in [0.3, 0.4) is 0 Å². The Morgan fingerprint density at radius 2 is 1.86 bits per heavy atom. The van der Waals surface area contributed by atoms with E-state index in [4.69, 9.17) is 4.74 Å². The minimum atomic E-state index is 0.128. The lowest BCUT2D eigenvalue weighted by Gasteiger charge is -2.28. The maximum Gasteiger partial charge on any atom is 0.238 e. The van der Waals surface area contributed by atoms with Gasteiger partial charge in [-0.2, -0.15) is 0 Å². The van der Waals surface area contributed by atoms with Gasteiger partial charge < -0.3 is 14.6 Å². The number of rotatable bonds is 5. The van der Waals surface area contributed by atoms with Gasteiger partial charge in [-0.1, -0.05) is 20.8 Å². The Bertz CT molecular complexity index is 973. The van der Waals surface area contributed by atoms with Gasteiger partial charge in [0, 0.05) is 12.2 Å². The molecular weight excluding hydrogens is 352 g/mol. The second-order valence-corrected chi connectivity index (χ2v) is 8.14. The van der Waals surface area contributed by atoms with Crippen molar-refractivity contribution in [3.63, 3.8) is 0 Å². The summed E-state index contributed by atoms with van der Waals surface area (Å²) in [6.07, 6.45) is 3.68. The number of aryl methyl sites for hydroxylation is 2. The fraction of sp³-hybridized carbons (Fsp3) is 0.429. The summed E-state index contributed by atoms with van der Waals surface area (Å²) in [5.74, 6) is 1.31. The van der Waals surface area contributed by atoms with E-state index in [-0.39, 0.29) is 11.5 Å². The van der Waals surface area contributed by atoms with E-state index in [1.54, 1.807) is 13.4 Å². The van der Waals surface area contributed by atoms with Crippen LogP contribution in [0.1, 0.15) is 39.0 Å². The molecule has 1 atom stereocenters. The maximum absolute atomic E-state index is 5.49. The Kier molecular flexibility index (Phi) is 5.36. The van der Waals surface area contributed by atoms with Crippen molar-refractivity contribution in [1.29, 1.82) is 0 Å². The number of aromatic nitrogens is 5. The van der Waals surface area contributed by atoms with Crippen molar-refractivity contribution in [1.82, 2.24) is 24.7 Å². The van der Waals surface area contributed by atoms with E-state index in [0.29, 0.717) is 17.3 Å². The molecule has 148 valence electrons. The molecule has 0 spiro atoms. The normalized spacial score (nSPS) is 12.7. The predicted molar refractivity (Wildman–Crippen MR) is 111 cm³/mol. The van der Waals surface area contributed by atoms with Crippen molar-refractivity contribution >= 4 is 5.82 Å². The first kappa shape index (κ1) is 19.8. The Morgan fingerprint density at radius 1 is 1.11 bits per heavy atom. The molecule has 1 N–H and O–H groups in total. The molecule has 7 heteroatoms. The summed E-state index contributed by atoms with van der Waals surface area (Å²) in [6, 6.07) is 6.13. The molecule has 3 heterocycles. The standard InChI is InChI=1S/C21H28N6O/c1-13-10-17(25-26-19(13)23-15(3)21(4,5)6)16-8-9-18(20(24-16)28-7)27-11-14(2)22-12-27/h8-12,15H,1-7H3,(H,23,26). The third-order valence-electron chi connectivity index (χ3n) is 4.92. The number of pyridine rings is 1. The van der Waals surface area contributed by atoms with Crippen molar-refractivity contribution in [3.05, 3.63) is 42.0 Å². The Balaban J connectivity index is 1.90. The van der Waals surface area contributed by atoms with E-state index in [1.807, 2.05) is 42.8 Å². The molecule has 0 bridgehead atoms. The largest absolute Gasteiger partial charge is 0.479 e. The van der Waals surface area contributed by atoms with Crippen LogP contribution in [-0.4, -0.2) is 37.9 Å². The number of imidazole rings is 1. The number of nitrogens with one attached hydrogen (secondary N) is 1. The van der Waals surface area contributed by atoms with Gasteiger partial charge in [0.15, 0.2) is 5.82 Å². The maximum atomic E-state index is 5.49. The van der Waals surface area contributed by atoms with Crippen molar-refractivity contribution in [3.8, 4) is 23.0 Å². The summed E-state index contributed by atoms with van der Waals surface area (Å²) in [5, 5.41) is 12.2. The van der Waals surface area contributed by atoms with E-state index < -0.39 is 0 Å². The van der Waals surface area contributed by atoms with Crippen LogP contribution in [0, 0.1) is 19.3 Å². The summed E-state index contributed by atoms with van der Waals surface area (Å²) in [5.41, 5.74) is 4.33. The second kappa shape index (κ2) is 7.58. The summed E-state index contributed by atoms with van der Waals surface area (Å²) in [4.78, 5) is 8.89. The monoisotopic (exact) mass is 380 g/mol. The zero-order valence-electron chi connectivity index (χ0n) is 17.6. The fourth-order valence-corrected chi connectivity index (χ4v) is 2.65. The van der Waals surface area contributed by atoms with E-state index >= 15 is 0 Å². The van der Waals surface area contributed by atoms with Gasteiger partial charge in [-0.3, -0.25) is 0 Å². The van der Waals surface area contributed by atoms with E-state index in [0.717, 1.165) is 22.8 Å². The van der Waals surface area contributed by atoms with Crippen LogP contribution >= 0.6 is 0 Å². The minimum absolute atomic E-state index is 0.128. The lowest BCUT2D eigenvalue weighted by Crippen LogP contribution is -2.31. The molecule has 0 amide bonds. The Labute approximate surface area is 166 Å².